The van der Waals surface area contributed by atoms with Crippen molar-refractivity contribution >= 4 is 28.0 Å². The fourth-order valence-corrected chi connectivity index (χ4v) is 2.06. The number of fused-ring (bicyclic) bond motifs is 2. The molecular formula is C15H14N4O. The minimum atomic E-state index is -0.206. The Kier molecular flexibility index (Phi) is 3.26. The van der Waals surface area contributed by atoms with Gasteiger partial charge in [0.25, 0.3) is 5.91 Å². The summed E-state index contributed by atoms with van der Waals surface area (Å²) in [6, 6.07) is 13.0. The average molecular weight is 266 g/mol. The molecule has 1 amide bonds. The molecule has 0 saturated carbocycles. The first kappa shape index (κ1) is 12.5. The van der Waals surface area contributed by atoms with Gasteiger partial charge in [-0.3, -0.25) is 10.2 Å². The largest absolute Gasteiger partial charge is 0.287 e. The quantitative estimate of drug-likeness (QED) is 0.562. The molecule has 0 radical (unpaired) electrons. The number of benzene rings is 2. The monoisotopic (exact) mass is 266 g/mol. The molecule has 0 saturated heterocycles. The molecule has 100 valence electrons. The van der Waals surface area contributed by atoms with E-state index in [2.05, 4.69) is 20.8 Å². The summed E-state index contributed by atoms with van der Waals surface area (Å²) in [5, 5.41) is 0. The van der Waals surface area contributed by atoms with Crippen molar-refractivity contribution < 1.29 is 4.79 Å². The normalized spacial score (nSPS) is 10.8. The Morgan fingerprint density at radius 2 is 1.70 bits per heavy atom. The third-order valence-electron chi connectivity index (χ3n) is 2.99. The Morgan fingerprint density at radius 1 is 1.00 bits per heavy atom. The number of hydrogen-bond acceptors (Lipinski definition) is 4. The van der Waals surface area contributed by atoms with Gasteiger partial charge >= 0.3 is 0 Å². The van der Waals surface area contributed by atoms with Crippen molar-refractivity contribution in [1.29, 1.82) is 0 Å². The summed E-state index contributed by atoms with van der Waals surface area (Å²) in [6.07, 6.45) is 0. The molecule has 5 nitrogen and oxygen atoms in total. The highest BCUT2D eigenvalue weighted by Crippen LogP contribution is 2.19. The van der Waals surface area contributed by atoms with Crippen molar-refractivity contribution in [2.24, 2.45) is 0 Å². The Morgan fingerprint density at radius 3 is 2.45 bits per heavy atom. The van der Waals surface area contributed by atoms with Crippen LogP contribution in [-0.2, 0) is 0 Å². The summed E-state index contributed by atoms with van der Waals surface area (Å²) in [6.45, 7) is 2.57. The molecule has 0 spiro atoms. The van der Waals surface area contributed by atoms with Gasteiger partial charge in [-0.1, -0.05) is 25.1 Å². The molecule has 0 aliphatic rings. The number of nitrogens with one attached hydrogen (secondary N) is 2. The van der Waals surface area contributed by atoms with Gasteiger partial charge in [-0.25, -0.2) is 15.4 Å². The maximum absolute atomic E-state index is 12.1. The lowest BCUT2D eigenvalue weighted by molar-refractivity contribution is 0.0936. The van der Waals surface area contributed by atoms with Crippen molar-refractivity contribution in [3.63, 3.8) is 0 Å². The van der Waals surface area contributed by atoms with Crippen LogP contribution in [0.2, 0.25) is 0 Å². The highest BCUT2D eigenvalue weighted by molar-refractivity contribution is 6.05. The van der Waals surface area contributed by atoms with Crippen molar-refractivity contribution in [2.75, 3.05) is 6.54 Å². The first-order chi connectivity index (χ1) is 9.79. The van der Waals surface area contributed by atoms with Crippen LogP contribution in [-0.4, -0.2) is 22.4 Å². The number of rotatable bonds is 3. The summed E-state index contributed by atoms with van der Waals surface area (Å²) in [7, 11) is 0. The van der Waals surface area contributed by atoms with Gasteiger partial charge < -0.3 is 0 Å². The van der Waals surface area contributed by atoms with E-state index in [1.807, 2.05) is 43.3 Å². The first-order valence-corrected chi connectivity index (χ1v) is 6.48. The van der Waals surface area contributed by atoms with Crippen LogP contribution < -0.4 is 10.9 Å². The van der Waals surface area contributed by atoms with Gasteiger partial charge in [0.15, 0.2) is 0 Å². The van der Waals surface area contributed by atoms with Crippen LogP contribution in [0, 0.1) is 0 Å². The number of carbonyl (C=O) groups excluding carboxylic acids is 1. The first-order valence-electron chi connectivity index (χ1n) is 6.48. The van der Waals surface area contributed by atoms with E-state index in [1.165, 1.54) is 0 Å². The van der Waals surface area contributed by atoms with E-state index in [-0.39, 0.29) is 5.91 Å². The van der Waals surface area contributed by atoms with E-state index in [9.17, 15) is 4.79 Å². The van der Waals surface area contributed by atoms with E-state index >= 15 is 0 Å². The van der Waals surface area contributed by atoms with Crippen molar-refractivity contribution in [2.45, 2.75) is 6.92 Å². The zero-order chi connectivity index (χ0) is 13.9. The standard InChI is InChI=1S/C15H14N4O/c1-2-16-19-15(20)10-6-5-9-13-14(10)18-12-8-4-3-7-11(12)17-13/h3-9,16H,2H2,1H3,(H,19,20). The Balaban J connectivity index is 2.17. The number of nitrogens with zero attached hydrogens (tertiary/aromatic N) is 2. The summed E-state index contributed by atoms with van der Waals surface area (Å²) >= 11 is 0. The van der Waals surface area contributed by atoms with E-state index < -0.39 is 0 Å². The number of amides is 1. The van der Waals surface area contributed by atoms with Gasteiger partial charge in [-0.15, -0.1) is 0 Å². The molecule has 1 heterocycles. The van der Waals surface area contributed by atoms with Crippen LogP contribution in [0.4, 0.5) is 0 Å². The van der Waals surface area contributed by atoms with Crippen LogP contribution >= 0.6 is 0 Å². The Hall–Kier alpha value is -2.53. The van der Waals surface area contributed by atoms with Gasteiger partial charge in [-0.05, 0) is 24.3 Å². The molecule has 2 N–H and O–H groups in total. The third kappa shape index (κ3) is 2.19. The second kappa shape index (κ2) is 5.22. The van der Waals surface area contributed by atoms with E-state index in [0.29, 0.717) is 23.1 Å². The van der Waals surface area contributed by atoms with Crippen LogP contribution in [0.15, 0.2) is 42.5 Å². The van der Waals surface area contributed by atoms with Crippen LogP contribution in [0.25, 0.3) is 22.1 Å². The van der Waals surface area contributed by atoms with Gasteiger partial charge in [-0.2, -0.15) is 0 Å². The fraction of sp³-hybridized carbons (Fsp3) is 0.133. The summed E-state index contributed by atoms with van der Waals surface area (Å²) in [4.78, 5) is 21.2. The molecule has 5 heteroatoms. The zero-order valence-electron chi connectivity index (χ0n) is 11.1. The lowest BCUT2D eigenvalue weighted by Crippen LogP contribution is -2.37. The molecule has 1 aromatic heterocycles. The van der Waals surface area contributed by atoms with Crippen molar-refractivity contribution in [3.05, 3.63) is 48.0 Å². The number of hydrogen-bond donors (Lipinski definition) is 2. The second-order valence-corrected chi connectivity index (χ2v) is 4.37. The summed E-state index contributed by atoms with van der Waals surface area (Å²) < 4.78 is 0. The number of hydrazine groups is 1. The second-order valence-electron chi connectivity index (χ2n) is 4.37. The van der Waals surface area contributed by atoms with E-state index in [1.54, 1.807) is 6.07 Å². The molecule has 0 bridgehead atoms. The number of para-hydroxylation sites is 3. The molecule has 0 fully saturated rings. The molecule has 3 rings (SSSR count). The lowest BCUT2D eigenvalue weighted by Gasteiger charge is -2.08. The Bertz CT molecular complexity index is 785. The Labute approximate surface area is 116 Å². The molecule has 0 aliphatic carbocycles. The predicted molar refractivity (Wildman–Crippen MR) is 78.2 cm³/mol. The van der Waals surface area contributed by atoms with Gasteiger partial charge in [0.05, 0.1) is 22.1 Å². The lowest BCUT2D eigenvalue weighted by atomic mass is 10.1. The maximum Gasteiger partial charge on any atom is 0.267 e. The van der Waals surface area contributed by atoms with Crippen LogP contribution in [0.1, 0.15) is 17.3 Å². The highest BCUT2D eigenvalue weighted by Gasteiger charge is 2.12. The van der Waals surface area contributed by atoms with Crippen LogP contribution in [0.3, 0.4) is 0 Å². The topological polar surface area (TPSA) is 66.9 Å². The van der Waals surface area contributed by atoms with Crippen molar-refractivity contribution in [1.82, 2.24) is 20.8 Å². The van der Waals surface area contributed by atoms with E-state index in [4.69, 9.17) is 0 Å². The van der Waals surface area contributed by atoms with Crippen molar-refractivity contribution in [3.8, 4) is 0 Å². The predicted octanol–water partition coefficient (Wildman–Crippen LogP) is 2.04. The van der Waals surface area contributed by atoms with E-state index in [0.717, 1.165) is 11.0 Å². The molecular weight excluding hydrogens is 252 g/mol. The molecule has 20 heavy (non-hydrogen) atoms. The summed E-state index contributed by atoms with van der Waals surface area (Å²) in [5.74, 6) is -0.206. The minimum Gasteiger partial charge on any atom is -0.287 e. The summed E-state index contributed by atoms with van der Waals surface area (Å²) in [5.41, 5.74) is 8.88. The SMILES string of the molecule is CCNNC(=O)c1cccc2nc3ccccc3nc12. The van der Waals surface area contributed by atoms with Gasteiger partial charge in [0.1, 0.15) is 5.52 Å². The molecule has 0 aliphatic heterocycles. The third-order valence-corrected chi connectivity index (χ3v) is 2.99. The minimum absolute atomic E-state index is 0.206. The smallest absolute Gasteiger partial charge is 0.267 e. The average Bonchev–Trinajstić information content (AvgIpc) is 2.50. The fourth-order valence-electron chi connectivity index (χ4n) is 2.06. The van der Waals surface area contributed by atoms with Gasteiger partial charge in [0, 0.05) is 6.54 Å². The maximum atomic E-state index is 12.1. The van der Waals surface area contributed by atoms with Gasteiger partial charge in [0.2, 0.25) is 0 Å². The molecule has 3 aromatic rings. The zero-order valence-corrected chi connectivity index (χ0v) is 11.1. The molecule has 0 unspecified atom stereocenters. The number of aromatic nitrogens is 2. The van der Waals surface area contributed by atoms with Crippen LogP contribution in [0.5, 0.6) is 0 Å². The molecule has 0 atom stereocenters. The highest BCUT2D eigenvalue weighted by atomic mass is 16.2. The number of carbonyl (C=O) groups is 1. The molecule has 2 aromatic carbocycles.